The lowest BCUT2D eigenvalue weighted by Gasteiger charge is -2.20. The highest BCUT2D eigenvalue weighted by Gasteiger charge is 2.24. The SMILES string of the molecule is COC(=O)CCN(C)C(=O)N[C@H](CC(=O)O)C(=O)O. The number of aliphatic carboxylic acids is 2. The zero-order valence-electron chi connectivity index (χ0n) is 10.6. The van der Waals surface area contributed by atoms with Crippen LogP contribution in [0.2, 0.25) is 0 Å². The molecule has 0 radical (unpaired) electrons. The highest BCUT2D eigenvalue weighted by atomic mass is 16.5. The number of carboxylic acid groups (broad SMARTS) is 2. The van der Waals surface area contributed by atoms with Crippen LogP contribution in [0.1, 0.15) is 12.8 Å². The number of hydrogen-bond acceptors (Lipinski definition) is 5. The minimum atomic E-state index is -1.52. The number of nitrogens with one attached hydrogen (secondary N) is 1. The molecule has 0 aromatic rings. The lowest BCUT2D eigenvalue weighted by Crippen LogP contribution is -2.48. The van der Waals surface area contributed by atoms with Gasteiger partial charge in [-0.15, -0.1) is 0 Å². The van der Waals surface area contributed by atoms with Crippen molar-refractivity contribution in [3.05, 3.63) is 0 Å². The van der Waals surface area contributed by atoms with Gasteiger partial charge in [0, 0.05) is 13.6 Å². The van der Waals surface area contributed by atoms with E-state index in [0.717, 1.165) is 4.90 Å². The average Bonchev–Trinajstić information content (AvgIpc) is 2.33. The Morgan fingerprint density at radius 3 is 2.26 bits per heavy atom. The first kappa shape index (κ1) is 16.7. The van der Waals surface area contributed by atoms with Gasteiger partial charge in [-0.05, 0) is 0 Å². The lowest BCUT2D eigenvalue weighted by molar-refractivity contribution is -0.145. The number of hydrogen-bond donors (Lipinski definition) is 3. The third-order valence-corrected chi connectivity index (χ3v) is 2.20. The summed E-state index contributed by atoms with van der Waals surface area (Å²) in [5, 5.41) is 19.3. The van der Waals surface area contributed by atoms with Gasteiger partial charge in [0.25, 0.3) is 0 Å². The number of urea groups is 1. The van der Waals surface area contributed by atoms with Crippen molar-refractivity contribution in [1.29, 1.82) is 0 Å². The van der Waals surface area contributed by atoms with Crippen LogP contribution in [0.5, 0.6) is 0 Å². The van der Waals surface area contributed by atoms with E-state index >= 15 is 0 Å². The van der Waals surface area contributed by atoms with Crippen LogP contribution in [0.3, 0.4) is 0 Å². The summed E-state index contributed by atoms with van der Waals surface area (Å²) < 4.78 is 4.38. The molecule has 0 aliphatic carbocycles. The maximum atomic E-state index is 11.5. The van der Waals surface area contributed by atoms with Gasteiger partial charge in [-0.2, -0.15) is 0 Å². The van der Waals surface area contributed by atoms with Gasteiger partial charge in [0.1, 0.15) is 6.04 Å². The van der Waals surface area contributed by atoms with Gasteiger partial charge < -0.3 is 25.2 Å². The molecule has 0 spiro atoms. The number of ether oxygens (including phenoxy) is 1. The number of rotatable bonds is 7. The summed E-state index contributed by atoms with van der Waals surface area (Å²) in [4.78, 5) is 44.6. The first-order valence-electron chi connectivity index (χ1n) is 5.31. The second-order valence-corrected chi connectivity index (χ2v) is 3.69. The number of carboxylic acids is 2. The van der Waals surface area contributed by atoms with Crippen molar-refractivity contribution >= 4 is 23.9 Å². The topological polar surface area (TPSA) is 133 Å². The molecule has 0 aromatic heterocycles. The number of carbonyl (C=O) groups excluding carboxylic acids is 2. The molecule has 0 fully saturated rings. The largest absolute Gasteiger partial charge is 0.481 e. The van der Waals surface area contributed by atoms with Crippen LogP contribution in [-0.2, 0) is 19.1 Å². The molecule has 0 saturated carbocycles. The standard InChI is InChI=1S/C10H16N2O7/c1-12(4-3-8(15)19-2)10(18)11-6(9(16)17)5-7(13)14/h6H,3-5H2,1-2H3,(H,11,18)(H,13,14)(H,16,17)/t6-/m1/s1. The Morgan fingerprint density at radius 2 is 1.84 bits per heavy atom. The van der Waals surface area contributed by atoms with E-state index in [-0.39, 0.29) is 13.0 Å². The summed E-state index contributed by atoms with van der Waals surface area (Å²) >= 11 is 0. The molecular weight excluding hydrogens is 260 g/mol. The smallest absolute Gasteiger partial charge is 0.326 e. The molecule has 0 aliphatic rings. The van der Waals surface area contributed by atoms with Crippen molar-refractivity contribution in [1.82, 2.24) is 10.2 Å². The Balaban J connectivity index is 4.35. The Morgan fingerprint density at radius 1 is 1.26 bits per heavy atom. The summed E-state index contributed by atoms with van der Waals surface area (Å²) in [6.45, 7) is 0.0257. The molecule has 0 saturated heterocycles. The molecule has 108 valence electrons. The second-order valence-electron chi connectivity index (χ2n) is 3.69. The van der Waals surface area contributed by atoms with Gasteiger partial charge in [-0.1, -0.05) is 0 Å². The fourth-order valence-corrected chi connectivity index (χ4v) is 1.10. The third kappa shape index (κ3) is 6.86. The molecule has 19 heavy (non-hydrogen) atoms. The zero-order valence-corrected chi connectivity index (χ0v) is 10.6. The van der Waals surface area contributed by atoms with Crippen LogP contribution >= 0.6 is 0 Å². The quantitative estimate of drug-likeness (QED) is 0.514. The predicted octanol–water partition coefficient (Wildman–Crippen LogP) is -0.881. The van der Waals surface area contributed by atoms with E-state index in [1.165, 1.54) is 14.2 Å². The number of methoxy groups -OCH3 is 1. The Bertz CT molecular complexity index is 369. The Kier molecular flexibility index (Phi) is 6.94. The molecule has 3 N–H and O–H groups in total. The van der Waals surface area contributed by atoms with Crippen LogP contribution in [-0.4, -0.2) is 65.8 Å². The Labute approximate surface area is 109 Å². The van der Waals surface area contributed by atoms with Crippen molar-refractivity contribution in [2.24, 2.45) is 0 Å². The summed E-state index contributed by atoms with van der Waals surface area (Å²) in [5.74, 6) is -3.30. The molecule has 9 heteroatoms. The summed E-state index contributed by atoms with van der Waals surface area (Å²) in [7, 11) is 2.55. The number of carbonyl (C=O) groups is 4. The third-order valence-electron chi connectivity index (χ3n) is 2.20. The predicted molar refractivity (Wildman–Crippen MR) is 61.5 cm³/mol. The number of nitrogens with zero attached hydrogens (tertiary/aromatic N) is 1. The lowest BCUT2D eigenvalue weighted by atomic mass is 10.2. The fourth-order valence-electron chi connectivity index (χ4n) is 1.10. The first-order valence-corrected chi connectivity index (χ1v) is 5.31. The van der Waals surface area contributed by atoms with Crippen LogP contribution in [0.25, 0.3) is 0 Å². The molecule has 2 amide bonds. The Hall–Kier alpha value is -2.32. The monoisotopic (exact) mass is 276 g/mol. The van der Waals surface area contributed by atoms with Gasteiger partial charge in [-0.25, -0.2) is 9.59 Å². The van der Waals surface area contributed by atoms with E-state index in [1.54, 1.807) is 0 Å². The molecule has 1 atom stereocenters. The van der Waals surface area contributed by atoms with Gasteiger partial charge in [0.2, 0.25) is 0 Å². The second kappa shape index (κ2) is 7.90. The van der Waals surface area contributed by atoms with Crippen LogP contribution in [0.15, 0.2) is 0 Å². The van der Waals surface area contributed by atoms with E-state index in [2.05, 4.69) is 4.74 Å². The van der Waals surface area contributed by atoms with Gasteiger partial charge in [-0.3, -0.25) is 9.59 Å². The summed E-state index contributed by atoms with van der Waals surface area (Å²) in [6.07, 6.45) is -0.775. The molecule has 0 aromatic carbocycles. The van der Waals surface area contributed by atoms with Gasteiger partial charge >= 0.3 is 23.9 Å². The van der Waals surface area contributed by atoms with Crippen molar-refractivity contribution in [2.75, 3.05) is 20.7 Å². The molecular formula is C10H16N2O7. The number of esters is 1. The van der Waals surface area contributed by atoms with Crippen LogP contribution < -0.4 is 5.32 Å². The summed E-state index contributed by atoms with van der Waals surface area (Å²) in [5.41, 5.74) is 0. The van der Waals surface area contributed by atoms with Crippen molar-refractivity contribution < 1.29 is 34.1 Å². The van der Waals surface area contributed by atoms with Crippen LogP contribution in [0, 0.1) is 0 Å². The fraction of sp³-hybridized carbons (Fsp3) is 0.600. The minimum absolute atomic E-state index is 0.0257. The average molecular weight is 276 g/mol. The van der Waals surface area contributed by atoms with E-state index in [4.69, 9.17) is 10.2 Å². The van der Waals surface area contributed by atoms with Crippen molar-refractivity contribution in [3.63, 3.8) is 0 Å². The van der Waals surface area contributed by atoms with Crippen molar-refractivity contribution in [3.8, 4) is 0 Å². The molecule has 9 nitrogen and oxygen atoms in total. The van der Waals surface area contributed by atoms with Gasteiger partial charge in [0.15, 0.2) is 0 Å². The highest BCUT2D eigenvalue weighted by Crippen LogP contribution is 1.97. The molecule has 0 heterocycles. The molecule has 0 unspecified atom stereocenters. The number of amides is 2. The molecule has 0 rings (SSSR count). The van der Waals surface area contributed by atoms with Crippen LogP contribution in [0.4, 0.5) is 4.79 Å². The first-order chi connectivity index (χ1) is 8.77. The highest BCUT2D eigenvalue weighted by molar-refractivity contribution is 5.86. The van der Waals surface area contributed by atoms with E-state index < -0.39 is 36.4 Å². The zero-order chi connectivity index (χ0) is 15.0. The maximum Gasteiger partial charge on any atom is 0.326 e. The van der Waals surface area contributed by atoms with E-state index in [9.17, 15) is 19.2 Å². The minimum Gasteiger partial charge on any atom is -0.481 e. The van der Waals surface area contributed by atoms with E-state index in [0.29, 0.717) is 0 Å². The molecule has 0 aliphatic heterocycles. The normalized spacial score (nSPS) is 11.3. The van der Waals surface area contributed by atoms with E-state index in [1.807, 2.05) is 5.32 Å². The summed E-state index contributed by atoms with van der Waals surface area (Å²) in [6, 6.07) is -2.30. The maximum absolute atomic E-state index is 11.5. The van der Waals surface area contributed by atoms with Gasteiger partial charge in [0.05, 0.1) is 20.0 Å². The molecule has 0 bridgehead atoms. The van der Waals surface area contributed by atoms with Crippen molar-refractivity contribution in [2.45, 2.75) is 18.9 Å².